The highest BCUT2D eigenvalue weighted by Gasteiger charge is 2.20. The summed E-state index contributed by atoms with van der Waals surface area (Å²) in [5.74, 6) is 0. The van der Waals surface area contributed by atoms with Crippen LogP contribution in [0.2, 0.25) is 0 Å². The molecule has 0 rings (SSSR count). The highest BCUT2D eigenvalue weighted by atomic mass is 16.5. The van der Waals surface area contributed by atoms with Gasteiger partial charge in [0.2, 0.25) is 0 Å². The average Bonchev–Trinajstić information content (AvgIpc) is 2.03. The summed E-state index contributed by atoms with van der Waals surface area (Å²) in [6, 6.07) is 0. The molecular formula is C12H24O2. The summed E-state index contributed by atoms with van der Waals surface area (Å²) < 4.78 is 5.75. The lowest BCUT2D eigenvalue weighted by Gasteiger charge is -2.26. The summed E-state index contributed by atoms with van der Waals surface area (Å²) in [6.07, 6.45) is 3.99. The molecule has 0 amide bonds. The third kappa shape index (κ3) is 6.14. The number of carbonyl (C=O) groups excluding carboxylic acids is 1. The lowest BCUT2D eigenvalue weighted by Crippen LogP contribution is -2.27. The molecule has 0 aliphatic heterocycles. The molecule has 84 valence electrons. The smallest absolute Gasteiger partial charge is 0.125 e. The van der Waals surface area contributed by atoms with Crippen molar-refractivity contribution in [2.45, 2.75) is 59.5 Å². The normalized spacial score (nSPS) is 12.9. The highest BCUT2D eigenvalue weighted by molar-refractivity contribution is 5.57. The lowest BCUT2D eigenvalue weighted by molar-refractivity contribution is -0.116. The molecule has 0 bridgehead atoms. The van der Waals surface area contributed by atoms with E-state index in [2.05, 4.69) is 20.8 Å². The van der Waals surface area contributed by atoms with Crippen LogP contribution < -0.4 is 0 Å². The van der Waals surface area contributed by atoms with E-state index in [9.17, 15) is 4.79 Å². The number of carbonyl (C=O) groups is 1. The molecule has 0 unspecified atom stereocenters. The molecule has 0 heterocycles. The van der Waals surface area contributed by atoms with Gasteiger partial charge in [-0.05, 0) is 26.7 Å². The Kier molecular flexibility index (Phi) is 5.35. The zero-order chi connectivity index (χ0) is 11.2. The van der Waals surface area contributed by atoms with Gasteiger partial charge in [0.1, 0.15) is 6.29 Å². The Morgan fingerprint density at radius 1 is 1.14 bits per heavy atom. The van der Waals surface area contributed by atoms with Crippen molar-refractivity contribution in [3.8, 4) is 0 Å². The van der Waals surface area contributed by atoms with Gasteiger partial charge >= 0.3 is 0 Å². The maximum Gasteiger partial charge on any atom is 0.125 e. The van der Waals surface area contributed by atoms with Crippen LogP contribution in [-0.4, -0.2) is 18.5 Å². The van der Waals surface area contributed by atoms with Crippen LogP contribution in [0.5, 0.6) is 0 Å². The first kappa shape index (κ1) is 13.6. The molecule has 0 radical (unpaired) electrons. The first-order valence-electron chi connectivity index (χ1n) is 5.43. The lowest BCUT2D eigenvalue weighted by atomic mass is 9.92. The van der Waals surface area contributed by atoms with Crippen LogP contribution in [0, 0.1) is 5.41 Å². The van der Waals surface area contributed by atoms with E-state index in [4.69, 9.17) is 4.74 Å². The minimum absolute atomic E-state index is 0.0479. The number of aldehydes is 1. The Balaban J connectivity index is 3.78. The zero-order valence-corrected chi connectivity index (χ0v) is 10.2. The molecule has 0 N–H and O–H groups in total. The molecule has 0 aromatic heterocycles. The molecule has 2 nitrogen and oxygen atoms in total. The second-order valence-corrected chi connectivity index (χ2v) is 5.21. The fourth-order valence-corrected chi connectivity index (χ4v) is 1.32. The van der Waals surface area contributed by atoms with E-state index in [1.807, 2.05) is 13.8 Å². The largest absolute Gasteiger partial charge is 0.376 e. The first-order valence-corrected chi connectivity index (χ1v) is 5.43. The fraction of sp³-hybridized carbons (Fsp3) is 0.917. The molecule has 0 spiro atoms. The SMILES string of the molecule is CCCC(C)(C)OCCC(C)(C)C=O. The van der Waals surface area contributed by atoms with Crippen molar-refractivity contribution in [1.82, 2.24) is 0 Å². The van der Waals surface area contributed by atoms with Crippen LogP contribution in [0.4, 0.5) is 0 Å². The number of rotatable bonds is 7. The molecular weight excluding hydrogens is 176 g/mol. The van der Waals surface area contributed by atoms with Gasteiger partial charge in [0.05, 0.1) is 5.60 Å². The van der Waals surface area contributed by atoms with Crippen LogP contribution in [0.3, 0.4) is 0 Å². The average molecular weight is 200 g/mol. The topological polar surface area (TPSA) is 26.3 Å². The summed E-state index contributed by atoms with van der Waals surface area (Å²) in [7, 11) is 0. The summed E-state index contributed by atoms with van der Waals surface area (Å²) in [6.45, 7) is 10.9. The minimum Gasteiger partial charge on any atom is -0.376 e. The molecule has 0 aliphatic rings. The quantitative estimate of drug-likeness (QED) is 0.590. The highest BCUT2D eigenvalue weighted by Crippen LogP contribution is 2.21. The van der Waals surface area contributed by atoms with Gasteiger partial charge in [-0.3, -0.25) is 0 Å². The Morgan fingerprint density at radius 3 is 2.14 bits per heavy atom. The summed E-state index contributed by atoms with van der Waals surface area (Å²) in [5.41, 5.74) is -0.296. The minimum atomic E-state index is -0.248. The van der Waals surface area contributed by atoms with E-state index in [1.165, 1.54) is 0 Å². The second kappa shape index (κ2) is 5.50. The van der Waals surface area contributed by atoms with E-state index >= 15 is 0 Å². The predicted molar refractivity (Wildman–Crippen MR) is 59.4 cm³/mol. The van der Waals surface area contributed by atoms with Gasteiger partial charge in [0, 0.05) is 12.0 Å². The Bertz CT molecular complexity index is 171. The summed E-state index contributed by atoms with van der Waals surface area (Å²) >= 11 is 0. The van der Waals surface area contributed by atoms with Crippen molar-refractivity contribution in [2.24, 2.45) is 5.41 Å². The molecule has 14 heavy (non-hydrogen) atoms. The van der Waals surface area contributed by atoms with Crippen molar-refractivity contribution in [3.63, 3.8) is 0 Å². The van der Waals surface area contributed by atoms with Crippen LogP contribution in [-0.2, 0) is 9.53 Å². The van der Waals surface area contributed by atoms with E-state index < -0.39 is 0 Å². The molecule has 0 saturated carbocycles. The van der Waals surface area contributed by atoms with Crippen LogP contribution in [0.1, 0.15) is 53.9 Å². The van der Waals surface area contributed by atoms with Crippen LogP contribution in [0.25, 0.3) is 0 Å². The van der Waals surface area contributed by atoms with Crippen molar-refractivity contribution in [2.75, 3.05) is 6.61 Å². The van der Waals surface area contributed by atoms with Gasteiger partial charge in [-0.25, -0.2) is 0 Å². The van der Waals surface area contributed by atoms with Crippen molar-refractivity contribution in [3.05, 3.63) is 0 Å². The Hall–Kier alpha value is -0.370. The maximum absolute atomic E-state index is 10.7. The van der Waals surface area contributed by atoms with Crippen molar-refractivity contribution < 1.29 is 9.53 Å². The van der Waals surface area contributed by atoms with E-state index in [0.29, 0.717) is 6.61 Å². The number of hydrogen-bond donors (Lipinski definition) is 0. The molecule has 0 aromatic carbocycles. The van der Waals surface area contributed by atoms with Gasteiger partial charge in [-0.2, -0.15) is 0 Å². The number of hydrogen-bond acceptors (Lipinski definition) is 2. The van der Waals surface area contributed by atoms with Crippen LogP contribution in [0.15, 0.2) is 0 Å². The Labute approximate surface area is 88.0 Å². The van der Waals surface area contributed by atoms with Gasteiger partial charge in [-0.15, -0.1) is 0 Å². The third-order valence-electron chi connectivity index (χ3n) is 2.41. The molecule has 0 saturated heterocycles. The Morgan fingerprint density at radius 2 is 1.71 bits per heavy atom. The van der Waals surface area contributed by atoms with Crippen LogP contribution >= 0.6 is 0 Å². The standard InChI is InChI=1S/C12H24O2/c1-6-7-12(4,5)14-9-8-11(2,3)10-13/h10H,6-9H2,1-5H3. The van der Waals surface area contributed by atoms with E-state index in [0.717, 1.165) is 25.5 Å². The summed E-state index contributed by atoms with van der Waals surface area (Å²) in [4.78, 5) is 10.7. The van der Waals surface area contributed by atoms with Gasteiger partial charge in [0.25, 0.3) is 0 Å². The number of ether oxygens (including phenoxy) is 1. The second-order valence-electron chi connectivity index (χ2n) is 5.21. The van der Waals surface area contributed by atoms with Gasteiger partial charge in [-0.1, -0.05) is 27.2 Å². The van der Waals surface area contributed by atoms with E-state index in [1.54, 1.807) is 0 Å². The van der Waals surface area contributed by atoms with E-state index in [-0.39, 0.29) is 11.0 Å². The zero-order valence-electron chi connectivity index (χ0n) is 10.2. The first-order chi connectivity index (χ1) is 6.33. The van der Waals surface area contributed by atoms with Crippen molar-refractivity contribution >= 4 is 6.29 Å². The molecule has 0 aliphatic carbocycles. The van der Waals surface area contributed by atoms with Gasteiger partial charge < -0.3 is 9.53 Å². The monoisotopic (exact) mass is 200 g/mol. The maximum atomic E-state index is 10.7. The van der Waals surface area contributed by atoms with Gasteiger partial charge in [0.15, 0.2) is 0 Å². The van der Waals surface area contributed by atoms with Crippen molar-refractivity contribution in [1.29, 1.82) is 0 Å². The molecule has 2 heteroatoms. The third-order valence-corrected chi connectivity index (χ3v) is 2.41. The summed E-state index contributed by atoms with van der Waals surface area (Å²) in [5, 5.41) is 0. The molecule has 0 aromatic rings. The molecule has 0 atom stereocenters. The predicted octanol–water partition coefficient (Wildman–Crippen LogP) is 3.20. The fourth-order valence-electron chi connectivity index (χ4n) is 1.32. The molecule has 0 fully saturated rings.